The molecule has 1 saturated carbocycles. The van der Waals surface area contributed by atoms with Gasteiger partial charge in [-0.2, -0.15) is 0 Å². The molecule has 1 heterocycles. The Morgan fingerprint density at radius 2 is 2.00 bits per heavy atom. The van der Waals surface area contributed by atoms with Gasteiger partial charge in [0.2, 0.25) is 0 Å². The average molecular weight is 226 g/mol. The smallest absolute Gasteiger partial charge is 0.305 e. The van der Waals surface area contributed by atoms with E-state index in [0.717, 1.165) is 31.8 Å². The fourth-order valence-corrected chi connectivity index (χ4v) is 2.65. The van der Waals surface area contributed by atoms with Gasteiger partial charge in [-0.25, -0.2) is 0 Å². The van der Waals surface area contributed by atoms with E-state index in [2.05, 4.69) is 0 Å². The molecule has 0 spiro atoms. The molecule has 0 amide bonds. The van der Waals surface area contributed by atoms with Gasteiger partial charge < -0.3 is 9.47 Å². The minimum atomic E-state index is -0.0394. The van der Waals surface area contributed by atoms with Crippen LogP contribution in [0.25, 0.3) is 0 Å². The first kappa shape index (κ1) is 11.9. The molecule has 0 radical (unpaired) electrons. The molecule has 0 N–H and O–H groups in total. The van der Waals surface area contributed by atoms with Gasteiger partial charge in [0.1, 0.15) is 6.61 Å². The van der Waals surface area contributed by atoms with Crippen LogP contribution >= 0.6 is 0 Å². The van der Waals surface area contributed by atoms with Crippen molar-refractivity contribution < 1.29 is 14.3 Å². The van der Waals surface area contributed by atoms with E-state index in [9.17, 15) is 4.79 Å². The molecular weight excluding hydrogens is 204 g/mol. The fourth-order valence-electron chi connectivity index (χ4n) is 2.65. The molecule has 2 rings (SSSR count). The van der Waals surface area contributed by atoms with Gasteiger partial charge in [-0.3, -0.25) is 4.79 Å². The van der Waals surface area contributed by atoms with Crippen molar-refractivity contribution in [2.24, 2.45) is 5.92 Å². The summed E-state index contributed by atoms with van der Waals surface area (Å²) in [6.45, 7) is 1.29. The monoisotopic (exact) mass is 226 g/mol. The summed E-state index contributed by atoms with van der Waals surface area (Å²) in [5, 5.41) is 0. The van der Waals surface area contributed by atoms with E-state index in [1.54, 1.807) is 0 Å². The summed E-state index contributed by atoms with van der Waals surface area (Å²) >= 11 is 0. The third-order valence-corrected chi connectivity index (χ3v) is 3.69. The summed E-state index contributed by atoms with van der Waals surface area (Å²) in [5.74, 6) is 0.734. The number of ether oxygens (including phenoxy) is 2. The van der Waals surface area contributed by atoms with Crippen LogP contribution < -0.4 is 0 Å². The Hall–Kier alpha value is -0.570. The molecule has 0 aromatic carbocycles. The maximum absolute atomic E-state index is 11.5. The zero-order valence-corrected chi connectivity index (χ0v) is 9.95. The highest BCUT2D eigenvalue weighted by Crippen LogP contribution is 2.28. The van der Waals surface area contributed by atoms with Crippen LogP contribution in [0, 0.1) is 5.92 Å². The molecule has 3 heteroatoms. The van der Waals surface area contributed by atoms with Crippen LogP contribution in [-0.4, -0.2) is 25.3 Å². The molecule has 1 aliphatic carbocycles. The molecule has 0 bridgehead atoms. The lowest BCUT2D eigenvalue weighted by Gasteiger charge is -2.11. The second-order valence-electron chi connectivity index (χ2n) is 5.01. The summed E-state index contributed by atoms with van der Waals surface area (Å²) in [4.78, 5) is 11.5. The van der Waals surface area contributed by atoms with Crippen LogP contribution in [0.3, 0.4) is 0 Å². The number of carbonyl (C=O) groups is 1. The number of rotatable bonds is 5. The standard InChI is InChI=1S/C13H22O3/c14-13(8-7-11-4-1-2-5-11)16-10-12-6-3-9-15-12/h11-12H,1-10H2. The van der Waals surface area contributed by atoms with Gasteiger partial charge in [0.15, 0.2) is 0 Å². The average Bonchev–Trinajstić information content (AvgIpc) is 2.96. The molecule has 16 heavy (non-hydrogen) atoms. The number of carbonyl (C=O) groups excluding carboxylic acids is 1. The summed E-state index contributed by atoms with van der Waals surface area (Å²) in [7, 11) is 0. The molecule has 0 aromatic rings. The van der Waals surface area contributed by atoms with Crippen molar-refractivity contribution in [1.82, 2.24) is 0 Å². The zero-order valence-electron chi connectivity index (χ0n) is 9.95. The largest absolute Gasteiger partial charge is 0.463 e. The molecule has 2 fully saturated rings. The van der Waals surface area contributed by atoms with Gasteiger partial charge in [0, 0.05) is 13.0 Å². The third kappa shape index (κ3) is 3.78. The summed E-state index contributed by atoms with van der Waals surface area (Å²) in [5.41, 5.74) is 0. The van der Waals surface area contributed by atoms with Crippen molar-refractivity contribution in [2.45, 2.75) is 57.5 Å². The Labute approximate surface area is 97.5 Å². The number of hydrogen-bond donors (Lipinski definition) is 0. The Bertz CT molecular complexity index is 193. The molecular formula is C13H22O3. The minimum absolute atomic E-state index is 0.0394. The summed E-state index contributed by atoms with van der Waals surface area (Å²) in [6, 6.07) is 0. The zero-order chi connectivity index (χ0) is 11.2. The van der Waals surface area contributed by atoms with Gasteiger partial charge >= 0.3 is 5.97 Å². The van der Waals surface area contributed by atoms with Gasteiger partial charge in [0.05, 0.1) is 6.10 Å². The SMILES string of the molecule is O=C(CCC1CCCC1)OCC1CCCO1. The van der Waals surface area contributed by atoms with Gasteiger partial charge in [-0.15, -0.1) is 0 Å². The first-order valence-corrected chi connectivity index (χ1v) is 6.62. The predicted octanol–water partition coefficient (Wildman–Crippen LogP) is 2.68. The summed E-state index contributed by atoms with van der Waals surface area (Å²) in [6.07, 6.45) is 9.21. The van der Waals surface area contributed by atoms with Crippen LogP contribution in [0.2, 0.25) is 0 Å². The fraction of sp³-hybridized carbons (Fsp3) is 0.923. The molecule has 2 aliphatic rings. The molecule has 0 aromatic heterocycles. The lowest BCUT2D eigenvalue weighted by atomic mass is 10.0. The quantitative estimate of drug-likeness (QED) is 0.676. The van der Waals surface area contributed by atoms with Crippen molar-refractivity contribution in [3.8, 4) is 0 Å². The predicted molar refractivity (Wildman–Crippen MR) is 61.1 cm³/mol. The van der Waals surface area contributed by atoms with Gasteiger partial charge in [0.25, 0.3) is 0 Å². The van der Waals surface area contributed by atoms with Crippen LogP contribution in [0.15, 0.2) is 0 Å². The van der Waals surface area contributed by atoms with Crippen molar-refractivity contribution in [3.05, 3.63) is 0 Å². The van der Waals surface area contributed by atoms with Crippen LogP contribution in [0.5, 0.6) is 0 Å². The second-order valence-corrected chi connectivity index (χ2v) is 5.01. The molecule has 92 valence electrons. The van der Waals surface area contributed by atoms with E-state index < -0.39 is 0 Å². The first-order valence-electron chi connectivity index (χ1n) is 6.62. The van der Waals surface area contributed by atoms with E-state index in [-0.39, 0.29) is 12.1 Å². The normalized spacial score (nSPS) is 26.1. The van der Waals surface area contributed by atoms with E-state index in [1.165, 1.54) is 25.7 Å². The van der Waals surface area contributed by atoms with Crippen LogP contribution in [0.1, 0.15) is 51.4 Å². The van der Waals surface area contributed by atoms with Crippen molar-refractivity contribution in [1.29, 1.82) is 0 Å². The first-order chi connectivity index (χ1) is 7.84. The minimum Gasteiger partial charge on any atom is -0.463 e. The number of esters is 1. The van der Waals surface area contributed by atoms with Crippen molar-refractivity contribution in [3.63, 3.8) is 0 Å². The maximum atomic E-state index is 11.5. The molecule has 1 saturated heterocycles. The highest BCUT2D eigenvalue weighted by molar-refractivity contribution is 5.69. The van der Waals surface area contributed by atoms with Gasteiger partial charge in [-0.1, -0.05) is 25.7 Å². The Balaban J connectivity index is 1.53. The topological polar surface area (TPSA) is 35.5 Å². The third-order valence-electron chi connectivity index (χ3n) is 3.69. The highest BCUT2D eigenvalue weighted by atomic mass is 16.6. The molecule has 1 atom stereocenters. The van der Waals surface area contributed by atoms with E-state index >= 15 is 0 Å². The van der Waals surface area contributed by atoms with Crippen molar-refractivity contribution in [2.75, 3.05) is 13.2 Å². The Morgan fingerprint density at radius 3 is 2.69 bits per heavy atom. The van der Waals surface area contributed by atoms with E-state index in [1.807, 2.05) is 0 Å². The summed E-state index contributed by atoms with van der Waals surface area (Å²) < 4.78 is 10.6. The lowest BCUT2D eigenvalue weighted by Crippen LogP contribution is -2.18. The highest BCUT2D eigenvalue weighted by Gasteiger charge is 2.19. The maximum Gasteiger partial charge on any atom is 0.305 e. The Morgan fingerprint density at radius 1 is 1.19 bits per heavy atom. The number of hydrogen-bond acceptors (Lipinski definition) is 3. The van der Waals surface area contributed by atoms with Crippen LogP contribution in [0.4, 0.5) is 0 Å². The van der Waals surface area contributed by atoms with Crippen molar-refractivity contribution >= 4 is 5.97 Å². The van der Waals surface area contributed by atoms with Gasteiger partial charge in [-0.05, 0) is 25.2 Å². The molecule has 1 aliphatic heterocycles. The second kappa shape index (κ2) is 6.24. The lowest BCUT2D eigenvalue weighted by molar-refractivity contribution is -0.147. The van der Waals surface area contributed by atoms with E-state index in [0.29, 0.717) is 13.0 Å². The van der Waals surface area contributed by atoms with E-state index in [4.69, 9.17) is 9.47 Å². The Kier molecular flexibility index (Phi) is 4.64. The molecule has 1 unspecified atom stereocenters. The molecule has 3 nitrogen and oxygen atoms in total. The van der Waals surface area contributed by atoms with Crippen LogP contribution in [-0.2, 0) is 14.3 Å².